The van der Waals surface area contributed by atoms with E-state index in [-0.39, 0.29) is 25.5 Å². The summed E-state index contributed by atoms with van der Waals surface area (Å²) in [6, 6.07) is 39.6. The quantitative estimate of drug-likeness (QED) is 0.123. The fourth-order valence-electron chi connectivity index (χ4n) is 6.23. The Kier molecular flexibility index (Phi) is 11.3. The van der Waals surface area contributed by atoms with E-state index in [4.69, 9.17) is 7.16 Å². The maximum absolute atomic E-state index is 8.66. The van der Waals surface area contributed by atoms with Gasteiger partial charge in [0.05, 0.1) is 5.58 Å². The second kappa shape index (κ2) is 16.0. The number of hydrogen-bond donors (Lipinski definition) is 0. The van der Waals surface area contributed by atoms with Crippen LogP contribution < -0.4 is 4.40 Å². The minimum atomic E-state index is -1.76. The van der Waals surface area contributed by atoms with Crippen molar-refractivity contribution < 1.29 is 27.3 Å². The zero-order valence-electron chi connectivity index (χ0n) is 34.0. The van der Waals surface area contributed by atoms with Gasteiger partial charge in [-0.25, -0.2) is 0 Å². The Bertz CT molecular complexity index is 2380. The standard InChI is InChI=1S/C29H26NO.C18H24GeN.Ir/c1-18(2)21-15-16-30-26(17-21)24-14-13-23(20-9-6-5-7-10-20)27-25-12-8-11-22(19(3)4)28(25)31-29(24)27;1-18(2,3)15-9-7-8-14(12-15)17-11-10-16(13-20-17)19(4,5)6;/h5-13,15-19H,1-4H3;7,9-13H,1-6H3;/q2*-1;/i18D,19D;;. The molecule has 0 saturated carbocycles. The van der Waals surface area contributed by atoms with Crippen molar-refractivity contribution in [3.63, 3.8) is 0 Å². The summed E-state index contributed by atoms with van der Waals surface area (Å²) in [5.41, 5.74) is 10.3. The Labute approximate surface area is 329 Å². The molecule has 0 fully saturated rings. The maximum atomic E-state index is 8.66. The summed E-state index contributed by atoms with van der Waals surface area (Å²) in [5, 5.41) is 1.97. The second-order valence-electron chi connectivity index (χ2n) is 15.8. The van der Waals surface area contributed by atoms with Crippen LogP contribution in [0, 0.1) is 12.1 Å². The van der Waals surface area contributed by atoms with E-state index in [1.807, 2.05) is 82.3 Å². The van der Waals surface area contributed by atoms with Gasteiger partial charge in [0.25, 0.3) is 0 Å². The zero-order valence-corrected chi connectivity index (χ0v) is 36.5. The van der Waals surface area contributed by atoms with Crippen LogP contribution in [0.2, 0.25) is 17.3 Å². The Morgan fingerprint density at radius 2 is 1.52 bits per heavy atom. The molecular weight excluding hydrogens is 873 g/mol. The number of benzene rings is 4. The summed E-state index contributed by atoms with van der Waals surface area (Å²) in [5.74, 6) is 5.63. The van der Waals surface area contributed by atoms with E-state index in [1.165, 1.54) is 9.96 Å². The van der Waals surface area contributed by atoms with Crippen LogP contribution in [0.1, 0.15) is 79.7 Å². The van der Waals surface area contributed by atoms with Gasteiger partial charge in [-0.2, -0.15) is 0 Å². The average molecular weight is 926 g/mol. The first-order valence-corrected chi connectivity index (χ1v) is 25.1. The van der Waals surface area contributed by atoms with E-state index in [9.17, 15) is 0 Å². The van der Waals surface area contributed by atoms with Crippen LogP contribution in [0.4, 0.5) is 0 Å². The smallest absolute Gasteiger partial charge is 0.124 e. The van der Waals surface area contributed by atoms with Crippen LogP contribution in [-0.2, 0) is 25.5 Å². The molecule has 0 N–H and O–H groups in total. The molecule has 3 nitrogen and oxygen atoms in total. The third kappa shape index (κ3) is 8.52. The number of nitrogens with zero attached hydrogens (tertiary/aromatic N) is 2. The summed E-state index contributed by atoms with van der Waals surface area (Å²) in [6.45, 7) is 14.2. The minimum Gasteiger partial charge on any atom is -0.500 e. The molecule has 52 heavy (non-hydrogen) atoms. The van der Waals surface area contributed by atoms with Gasteiger partial charge in [-0.15, -0.1) is 12.1 Å². The molecule has 0 amide bonds. The van der Waals surface area contributed by atoms with E-state index in [0.29, 0.717) is 5.58 Å². The molecule has 0 unspecified atom stereocenters. The van der Waals surface area contributed by atoms with Crippen molar-refractivity contribution in [2.45, 2.75) is 82.9 Å². The monoisotopic (exact) mass is 927 g/mol. The summed E-state index contributed by atoms with van der Waals surface area (Å²) in [7, 11) is 0. The molecule has 0 bridgehead atoms. The van der Waals surface area contributed by atoms with Crippen LogP contribution in [0.5, 0.6) is 0 Å². The van der Waals surface area contributed by atoms with Crippen molar-refractivity contribution in [1.29, 1.82) is 0 Å². The number of para-hydroxylation sites is 1. The molecule has 0 saturated heterocycles. The van der Waals surface area contributed by atoms with E-state index < -0.39 is 25.1 Å². The number of fused-ring (bicyclic) bond motifs is 3. The maximum Gasteiger partial charge on any atom is 0.124 e. The fourth-order valence-corrected chi connectivity index (χ4v) is 8.40. The van der Waals surface area contributed by atoms with Gasteiger partial charge in [-0.3, -0.25) is 0 Å². The van der Waals surface area contributed by atoms with Gasteiger partial charge in [0.2, 0.25) is 0 Å². The summed E-state index contributed by atoms with van der Waals surface area (Å²) >= 11 is -1.76. The Morgan fingerprint density at radius 1 is 0.769 bits per heavy atom. The molecule has 4 aromatic carbocycles. The van der Waals surface area contributed by atoms with Crippen LogP contribution in [0.3, 0.4) is 0 Å². The molecule has 7 aromatic rings. The van der Waals surface area contributed by atoms with Gasteiger partial charge < -0.3 is 9.40 Å². The number of rotatable bonds is 6. The largest absolute Gasteiger partial charge is 0.500 e. The molecule has 0 aliphatic heterocycles. The molecule has 3 aromatic heterocycles. The van der Waals surface area contributed by atoms with Crippen molar-refractivity contribution >= 4 is 39.6 Å². The molecule has 3 heterocycles. The van der Waals surface area contributed by atoms with E-state index in [1.54, 1.807) is 6.20 Å². The molecular formula is C47H50GeIrN2O-2. The first-order valence-electron chi connectivity index (χ1n) is 18.7. The number of hydrogen-bond acceptors (Lipinski definition) is 3. The van der Waals surface area contributed by atoms with Crippen LogP contribution >= 0.6 is 0 Å². The van der Waals surface area contributed by atoms with Gasteiger partial charge in [0.1, 0.15) is 5.58 Å². The Morgan fingerprint density at radius 3 is 2.15 bits per heavy atom. The van der Waals surface area contributed by atoms with Gasteiger partial charge >= 0.3 is 126 Å². The first-order chi connectivity index (χ1) is 24.8. The number of pyridine rings is 2. The molecule has 0 aliphatic carbocycles. The van der Waals surface area contributed by atoms with Gasteiger partial charge in [-0.1, -0.05) is 105 Å². The molecule has 1 radical (unpaired) electrons. The van der Waals surface area contributed by atoms with Crippen LogP contribution in [0.15, 0.2) is 114 Å². The minimum absolute atomic E-state index is 0. The van der Waals surface area contributed by atoms with Crippen molar-refractivity contribution in [1.82, 2.24) is 9.97 Å². The predicted octanol–water partition coefficient (Wildman–Crippen LogP) is 12.8. The van der Waals surface area contributed by atoms with Gasteiger partial charge in [0.15, 0.2) is 0 Å². The summed E-state index contributed by atoms with van der Waals surface area (Å²) in [6.07, 6.45) is 3.81. The van der Waals surface area contributed by atoms with Crippen molar-refractivity contribution in [3.8, 4) is 33.6 Å². The normalized spacial score (nSPS) is 12.8. The van der Waals surface area contributed by atoms with Crippen LogP contribution in [-0.4, -0.2) is 23.2 Å². The molecule has 0 aliphatic rings. The van der Waals surface area contributed by atoms with Gasteiger partial charge in [0, 0.05) is 34.4 Å². The van der Waals surface area contributed by atoms with Crippen molar-refractivity contribution in [2.24, 2.45) is 0 Å². The molecule has 7 rings (SSSR count). The zero-order chi connectivity index (χ0) is 38.3. The number of aromatic nitrogens is 2. The molecule has 0 spiro atoms. The summed E-state index contributed by atoms with van der Waals surface area (Å²) < 4.78 is 25.1. The van der Waals surface area contributed by atoms with Crippen LogP contribution in [0.25, 0.3) is 55.6 Å². The molecule has 5 heteroatoms. The van der Waals surface area contributed by atoms with E-state index in [0.717, 1.165) is 61.1 Å². The average Bonchev–Trinajstić information content (AvgIpc) is 3.50. The third-order valence-corrected chi connectivity index (χ3v) is 13.6. The Balaban J connectivity index is 0.000000230. The number of furan rings is 1. The predicted molar refractivity (Wildman–Crippen MR) is 220 cm³/mol. The second-order valence-corrected chi connectivity index (χ2v) is 26.4. The third-order valence-electron chi connectivity index (χ3n) is 9.36. The first kappa shape index (κ1) is 36.5. The summed E-state index contributed by atoms with van der Waals surface area (Å²) in [4.78, 5) is 9.26. The molecule has 0 atom stereocenters. The Hall–Kier alpha value is -3.83. The van der Waals surface area contributed by atoms with Crippen molar-refractivity contribution in [2.75, 3.05) is 0 Å². The van der Waals surface area contributed by atoms with Crippen molar-refractivity contribution in [3.05, 3.63) is 138 Å². The van der Waals surface area contributed by atoms with E-state index >= 15 is 0 Å². The fraction of sp³-hybridized carbons (Fsp3) is 0.277. The SMILES string of the molecule is CC(C)(C)c1cc[c-]c(-c2cc[c]([Ge]([CH3])([CH3])[CH3])cn2)c1.[2H]C(C)(C)c1ccnc(-c2[c-]cc(-c3ccccc3)c3c2oc2c(C([2H])(C)C)cccc23)c1.[Ir]. The van der Waals surface area contributed by atoms with Gasteiger partial charge in [-0.05, 0) is 34.5 Å². The molecule has 269 valence electrons. The van der Waals surface area contributed by atoms with E-state index in [2.05, 4.69) is 109 Å². The topological polar surface area (TPSA) is 38.9 Å².